The van der Waals surface area contributed by atoms with E-state index in [2.05, 4.69) is 0 Å². The smallest absolute Gasteiger partial charge is 0.186 e. The topological polar surface area (TPSA) is 113 Å². The maximum atomic E-state index is 13.1. The van der Waals surface area contributed by atoms with Gasteiger partial charge in [0.1, 0.15) is 23.6 Å². The molecule has 1 saturated heterocycles. The van der Waals surface area contributed by atoms with Gasteiger partial charge in [-0.1, -0.05) is 48.0 Å². The lowest BCUT2D eigenvalue weighted by Crippen LogP contribution is -2.61. The van der Waals surface area contributed by atoms with Gasteiger partial charge in [-0.15, -0.1) is 0 Å². The first-order valence-corrected chi connectivity index (χ1v) is 10.5. The zero-order valence-corrected chi connectivity index (χ0v) is 16.2. The summed E-state index contributed by atoms with van der Waals surface area (Å²) in [5, 5.41) is 29.1. The summed E-state index contributed by atoms with van der Waals surface area (Å²) in [5.41, 5.74) is 1.68. The van der Waals surface area contributed by atoms with E-state index in [1.54, 1.807) is 24.3 Å². The standard InChI is InChI=1S/C20H24O7S/c1-13-7-9-15(10-8-13)28(24,25)19-16(11-21)27-20(23)18(17(19)22)26-12-14-5-3-2-4-6-14/h2-10,16-23H,11-12H2,1H3/t16-,17-,18-,19+,20+/m1/s1. The van der Waals surface area contributed by atoms with E-state index in [9.17, 15) is 23.7 Å². The highest BCUT2D eigenvalue weighted by Crippen LogP contribution is 2.31. The summed E-state index contributed by atoms with van der Waals surface area (Å²) in [7, 11) is -4.05. The van der Waals surface area contributed by atoms with Gasteiger partial charge in [0, 0.05) is 0 Å². The second-order valence-electron chi connectivity index (χ2n) is 6.82. The zero-order valence-electron chi connectivity index (χ0n) is 15.4. The van der Waals surface area contributed by atoms with Crippen LogP contribution < -0.4 is 0 Å². The van der Waals surface area contributed by atoms with Crippen molar-refractivity contribution in [1.82, 2.24) is 0 Å². The van der Waals surface area contributed by atoms with E-state index in [0.29, 0.717) is 0 Å². The first-order valence-electron chi connectivity index (χ1n) is 8.93. The van der Waals surface area contributed by atoms with E-state index in [4.69, 9.17) is 9.47 Å². The molecule has 1 heterocycles. The maximum Gasteiger partial charge on any atom is 0.186 e. The highest BCUT2D eigenvalue weighted by atomic mass is 32.2. The monoisotopic (exact) mass is 408 g/mol. The Morgan fingerprint density at radius 2 is 1.68 bits per heavy atom. The van der Waals surface area contributed by atoms with Crippen molar-refractivity contribution in [2.24, 2.45) is 0 Å². The Labute approximate surface area is 164 Å². The third-order valence-corrected chi connectivity index (χ3v) is 7.04. The van der Waals surface area contributed by atoms with Gasteiger partial charge in [-0.05, 0) is 24.6 Å². The highest BCUT2D eigenvalue weighted by Gasteiger charge is 2.51. The molecule has 0 unspecified atom stereocenters. The number of rotatable bonds is 6. The molecule has 2 aromatic rings. The molecule has 28 heavy (non-hydrogen) atoms. The van der Waals surface area contributed by atoms with Gasteiger partial charge in [-0.3, -0.25) is 0 Å². The van der Waals surface area contributed by atoms with E-state index in [0.717, 1.165) is 11.1 Å². The van der Waals surface area contributed by atoms with Crippen molar-refractivity contribution in [1.29, 1.82) is 0 Å². The summed E-state index contributed by atoms with van der Waals surface area (Å²) >= 11 is 0. The van der Waals surface area contributed by atoms with E-state index >= 15 is 0 Å². The third kappa shape index (κ3) is 4.27. The fourth-order valence-electron chi connectivity index (χ4n) is 3.27. The van der Waals surface area contributed by atoms with Gasteiger partial charge in [0.15, 0.2) is 16.1 Å². The predicted octanol–water partition coefficient (Wildman–Crippen LogP) is 0.793. The molecule has 1 aliphatic rings. The van der Waals surface area contributed by atoms with Gasteiger partial charge in [-0.25, -0.2) is 8.42 Å². The Morgan fingerprint density at radius 3 is 2.29 bits per heavy atom. The van der Waals surface area contributed by atoms with Crippen LogP contribution in [0.3, 0.4) is 0 Å². The second-order valence-corrected chi connectivity index (χ2v) is 8.93. The number of sulfone groups is 1. The number of aryl methyl sites for hydroxylation is 1. The summed E-state index contributed by atoms with van der Waals surface area (Å²) < 4.78 is 37.1. The van der Waals surface area contributed by atoms with Crippen molar-refractivity contribution < 1.29 is 33.2 Å². The van der Waals surface area contributed by atoms with Gasteiger partial charge in [0.05, 0.1) is 18.1 Å². The van der Waals surface area contributed by atoms with Crippen LogP contribution >= 0.6 is 0 Å². The molecule has 152 valence electrons. The minimum atomic E-state index is -4.05. The molecule has 1 fully saturated rings. The Hall–Kier alpha value is -1.81. The van der Waals surface area contributed by atoms with E-state index < -0.39 is 46.3 Å². The third-order valence-electron chi connectivity index (χ3n) is 4.81. The van der Waals surface area contributed by atoms with Gasteiger partial charge in [0.2, 0.25) is 0 Å². The average Bonchev–Trinajstić information content (AvgIpc) is 2.68. The maximum absolute atomic E-state index is 13.1. The van der Waals surface area contributed by atoms with Crippen molar-refractivity contribution >= 4 is 9.84 Å². The van der Waals surface area contributed by atoms with Crippen LogP contribution in [0, 0.1) is 6.92 Å². The molecule has 2 aromatic carbocycles. The lowest BCUT2D eigenvalue weighted by Gasteiger charge is -2.41. The van der Waals surface area contributed by atoms with Crippen LogP contribution in [-0.2, 0) is 25.9 Å². The minimum Gasteiger partial charge on any atom is -0.394 e. The van der Waals surface area contributed by atoms with E-state index in [1.807, 2.05) is 25.1 Å². The zero-order chi connectivity index (χ0) is 20.3. The Kier molecular flexibility index (Phi) is 6.49. The largest absolute Gasteiger partial charge is 0.394 e. The van der Waals surface area contributed by atoms with Crippen LogP contribution in [0.5, 0.6) is 0 Å². The summed E-state index contributed by atoms with van der Waals surface area (Å²) in [6.45, 7) is 1.22. The predicted molar refractivity (Wildman–Crippen MR) is 101 cm³/mol. The fraction of sp³-hybridized carbons (Fsp3) is 0.400. The van der Waals surface area contributed by atoms with Crippen LogP contribution in [0.25, 0.3) is 0 Å². The normalized spacial score (nSPS) is 28.2. The Bertz CT molecular complexity index is 867. The first-order chi connectivity index (χ1) is 13.3. The van der Waals surface area contributed by atoms with Crippen LogP contribution in [0.4, 0.5) is 0 Å². The Morgan fingerprint density at radius 1 is 1.04 bits per heavy atom. The minimum absolute atomic E-state index is 0.00222. The summed E-state index contributed by atoms with van der Waals surface area (Å²) in [5.74, 6) is 0. The van der Waals surface area contributed by atoms with Crippen molar-refractivity contribution in [2.45, 2.75) is 48.3 Å². The SMILES string of the molecule is Cc1ccc(S(=O)(=O)[C@@H]2[C@H](O)[C@@H](OCc3ccccc3)[C@@H](O)O[C@@H]2CO)cc1. The number of hydrogen-bond acceptors (Lipinski definition) is 7. The molecule has 0 spiro atoms. The van der Waals surface area contributed by atoms with Crippen molar-refractivity contribution in [3.05, 3.63) is 65.7 Å². The first kappa shape index (κ1) is 20.9. The van der Waals surface area contributed by atoms with Gasteiger partial charge in [0.25, 0.3) is 0 Å². The number of hydrogen-bond donors (Lipinski definition) is 3. The van der Waals surface area contributed by atoms with Crippen LogP contribution in [0.1, 0.15) is 11.1 Å². The van der Waals surface area contributed by atoms with Crippen LogP contribution in [-0.4, -0.2) is 60.2 Å². The molecule has 0 aromatic heterocycles. The molecule has 5 atom stereocenters. The van der Waals surface area contributed by atoms with Gasteiger partial charge < -0.3 is 24.8 Å². The number of benzene rings is 2. The molecule has 0 bridgehead atoms. The van der Waals surface area contributed by atoms with E-state index in [1.165, 1.54) is 12.1 Å². The van der Waals surface area contributed by atoms with Gasteiger partial charge in [-0.2, -0.15) is 0 Å². The molecule has 0 amide bonds. The molecule has 0 saturated carbocycles. The molecular formula is C20H24O7S. The quantitative estimate of drug-likeness (QED) is 0.648. The average molecular weight is 408 g/mol. The van der Waals surface area contributed by atoms with Crippen molar-refractivity contribution in [3.8, 4) is 0 Å². The summed E-state index contributed by atoms with van der Waals surface area (Å²) in [6, 6.07) is 15.3. The van der Waals surface area contributed by atoms with Crippen LogP contribution in [0.2, 0.25) is 0 Å². The molecular weight excluding hydrogens is 384 g/mol. The molecule has 8 heteroatoms. The van der Waals surface area contributed by atoms with Crippen LogP contribution in [0.15, 0.2) is 59.5 Å². The summed E-state index contributed by atoms with van der Waals surface area (Å²) in [6.07, 6.45) is -5.72. The highest BCUT2D eigenvalue weighted by molar-refractivity contribution is 7.92. The summed E-state index contributed by atoms with van der Waals surface area (Å²) in [4.78, 5) is 0.00222. The Balaban J connectivity index is 1.86. The van der Waals surface area contributed by atoms with Gasteiger partial charge >= 0.3 is 0 Å². The van der Waals surface area contributed by atoms with Crippen molar-refractivity contribution in [3.63, 3.8) is 0 Å². The number of ether oxygens (including phenoxy) is 2. The second kappa shape index (κ2) is 8.69. The van der Waals surface area contributed by atoms with E-state index in [-0.39, 0.29) is 11.5 Å². The number of aliphatic hydroxyl groups is 3. The molecule has 7 nitrogen and oxygen atoms in total. The lowest BCUT2D eigenvalue weighted by molar-refractivity contribution is -0.264. The fourth-order valence-corrected chi connectivity index (χ4v) is 5.17. The molecule has 0 radical (unpaired) electrons. The molecule has 1 aliphatic heterocycles. The molecule has 3 rings (SSSR count). The molecule has 3 N–H and O–H groups in total. The number of aliphatic hydroxyl groups excluding tert-OH is 3. The van der Waals surface area contributed by atoms with Crippen molar-refractivity contribution in [2.75, 3.05) is 6.61 Å². The molecule has 0 aliphatic carbocycles. The lowest BCUT2D eigenvalue weighted by atomic mass is 10.0.